The molecule has 0 fully saturated rings. The summed E-state index contributed by atoms with van der Waals surface area (Å²) in [5.74, 6) is 1.45. The maximum Gasteiger partial charge on any atom is 0.283 e. The lowest BCUT2D eigenvalue weighted by Gasteiger charge is -2.20. The molecule has 2 aliphatic rings. The number of ether oxygens (including phenoxy) is 2. The molecule has 0 unspecified atom stereocenters. The number of methoxy groups -OCH3 is 2. The number of thioether (sulfide) groups is 2. The summed E-state index contributed by atoms with van der Waals surface area (Å²) in [5.41, 5.74) is 1.98. The van der Waals surface area contributed by atoms with Gasteiger partial charge in [0.05, 0.1) is 19.8 Å². The molecule has 9 heteroatoms. The molecule has 0 radical (unpaired) electrons. The molecule has 0 saturated carbocycles. The van der Waals surface area contributed by atoms with E-state index in [1.807, 2.05) is 30.3 Å². The molecule has 1 N–H and O–H groups in total. The number of benzene rings is 2. The van der Waals surface area contributed by atoms with Crippen molar-refractivity contribution in [1.29, 1.82) is 5.41 Å². The summed E-state index contributed by atoms with van der Waals surface area (Å²) in [5, 5.41) is 14.8. The van der Waals surface area contributed by atoms with E-state index in [-0.39, 0.29) is 11.4 Å². The number of hydrazone groups is 1. The Morgan fingerprint density at radius 3 is 2.70 bits per heavy atom. The lowest BCUT2D eigenvalue weighted by molar-refractivity contribution is -0.114. The molecule has 0 aromatic heterocycles. The second-order valence-electron chi connectivity index (χ2n) is 6.27. The summed E-state index contributed by atoms with van der Waals surface area (Å²) in [6.07, 6.45) is 1.60. The Labute approximate surface area is 182 Å². The molecule has 0 aliphatic carbocycles. The monoisotopic (exact) mass is 438 g/mol. The third-order valence-electron chi connectivity index (χ3n) is 4.38. The number of hydrogen-bond acceptors (Lipinski definition) is 7. The molecule has 1 amide bonds. The summed E-state index contributed by atoms with van der Waals surface area (Å²) in [6, 6.07) is 15.3. The normalized spacial score (nSPS) is 17.0. The van der Waals surface area contributed by atoms with Crippen molar-refractivity contribution in [3.05, 3.63) is 65.2 Å². The molecule has 2 aliphatic heterocycles. The smallest absolute Gasteiger partial charge is 0.283 e. The Kier molecular flexibility index (Phi) is 5.91. The first-order valence-corrected chi connectivity index (χ1v) is 10.8. The van der Waals surface area contributed by atoms with Crippen LogP contribution < -0.4 is 9.47 Å². The minimum atomic E-state index is -0.471. The summed E-state index contributed by atoms with van der Waals surface area (Å²) in [4.78, 5) is 16.7. The molecule has 4 rings (SSSR count). The van der Waals surface area contributed by atoms with Crippen molar-refractivity contribution in [1.82, 2.24) is 5.01 Å². The minimum Gasteiger partial charge on any atom is -0.497 e. The van der Waals surface area contributed by atoms with Gasteiger partial charge in [-0.15, -0.1) is 5.10 Å². The van der Waals surface area contributed by atoms with Crippen LogP contribution in [0.4, 0.5) is 0 Å². The maximum atomic E-state index is 12.6. The van der Waals surface area contributed by atoms with Crippen molar-refractivity contribution in [2.45, 2.75) is 5.75 Å². The lowest BCUT2D eigenvalue weighted by Crippen LogP contribution is -2.35. The molecule has 2 heterocycles. The van der Waals surface area contributed by atoms with Crippen molar-refractivity contribution in [2.75, 3.05) is 14.2 Å². The van der Waals surface area contributed by atoms with E-state index in [1.54, 1.807) is 50.3 Å². The Bertz CT molecular complexity index is 1100. The van der Waals surface area contributed by atoms with Crippen molar-refractivity contribution >= 4 is 50.9 Å². The highest BCUT2D eigenvalue weighted by Gasteiger charge is 2.36. The van der Waals surface area contributed by atoms with Gasteiger partial charge in [-0.3, -0.25) is 10.2 Å². The van der Waals surface area contributed by atoms with E-state index in [4.69, 9.17) is 14.9 Å². The van der Waals surface area contributed by atoms with E-state index < -0.39 is 5.91 Å². The van der Waals surface area contributed by atoms with Gasteiger partial charge < -0.3 is 9.47 Å². The number of amides is 1. The van der Waals surface area contributed by atoms with Crippen LogP contribution in [0, 0.1) is 5.41 Å². The van der Waals surface area contributed by atoms with Gasteiger partial charge in [0.1, 0.15) is 11.5 Å². The van der Waals surface area contributed by atoms with Crippen LogP contribution >= 0.6 is 23.5 Å². The fraction of sp³-hybridized carbons (Fsp3) is 0.143. The number of nitrogens with one attached hydrogen (secondary N) is 1. The average Bonchev–Trinajstić information content (AvgIpc) is 3.19. The Hall–Kier alpha value is -3.04. The molecule has 2 aromatic rings. The quantitative estimate of drug-likeness (QED) is 0.704. The van der Waals surface area contributed by atoms with Crippen molar-refractivity contribution in [2.24, 2.45) is 10.1 Å². The highest BCUT2D eigenvalue weighted by molar-refractivity contribution is 8.45. The fourth-order valence-electron chi connectivity index (χ4n) is 2.85. The summed E-state index contributed by atoms with van der Waals surface area (Å²) >= 11 is 2.85. The van der Waals surface area contributed by atoms with E-state index >= 15 is 0 Å². The van der Waals surface area contributed by atoms with Crippen LogP contribution in [-0.2, 0) is 10.5 Å². The zero-order chi connectivity index (χ0) is 21.1. The molecular formula is C21H18N4O3S2. The molecule has 7 nitrogen and oxygen atoms in total. The highest BCUT2D eigenvalue weighted by atomic mass is 32.2. The average molecular weight is 439 g/mol. The van der Waals surface area contributed by atoms with Crippen LogP contribution in [0.2, 0.25) is 0 Å². The van der Waals surface area contributed by atoms with Gasteiger partial charge >= 0.3 is 0 Å². The number of carbonyl (C=O) groups is 1. The van der Waals surface area contributed by atoms with E-state index in [2.05, 4.69) is 10.1 Å². The van der Waals surface area contributed by atoms with Gasteiger partial charge in [0.25, 0.3) is 5.91 Å². The Morgan fingerprint density at radius 1 is 1.17 bits per heavy atom. The van der Waals surface area contributed by atoms with Crippen LogP contribution in [0.5, 0.6) is 11.5 Å². The van der Waals surface area contributed by atoms with Crippen molar-refractivity contribution in [3.63, 3.8) is 0 Å². The van der Waals surface area contributed by atoms with Gasteiger partial charge in [0.15, 0.2) is 10.2 Å². The van der Waals surface area contributed by atoms with E-state index in [9.17, 15) is 4.79 Å². The van der Waals surface area contributed by atoms with Gasteiger partial charge in [-0.05, 0) is 35.5 Å². The largest absolute Gasteiger partial charge is 0.497 e. The van der Waals surface area contributed by atoms with Crippen LogP contribution in [0.3, 0.4) is 0 Å². The van der Waals surface area contributed by atoms with Crippen molar-refractivity contribution in [3.8, 4) is 11.5 Å². The number of nitrogens with zero attached hydrogens (tertiary/aromatic N) is 3. The first kappa shape index (κ1) is 20.2. The van der Waals surface area contributed by atoms with Crippen LogP contribution in [0.25, 0.3) is 6.08 Å². The number of rotatable bonds is 5. The molecule has 0 saturated heterocycles. The molecule has 152 valence electrons. The second kappa shape index (κ2) is 8.76. The number of amidine groups is 2. The third-order valence-corrected chi connectivity index (χ3v) is 6.49. The van der Waals surface area contributed by atoms with Crippen LogP contribution in [0.15, 0.2) is 64.2 Å². The Balaban J connectivity index is 1.56. The molecular weight excluding hydrogens is 420 g/mol. The first-order chi connectivity index (χ1) is 14.6. The lowest BCUT2D eigenvalue weighted by atomic mass is 10.1. The third kappa shape index (κ3) is 4.12. The number of aliphatic imine (C=N–C) groups is 1. The van der Waals surface area contributed by atoms with Crippen molar-refractivity contribution < 1.29 is 14.3 Å². The first-order valence-electron chi connectivity index (χ1n) is 8.98. The predicted molar refractivity (Wildman–Crippen MR) is 122 cm³/mol. The summed E-state index contributed by atoms with van der Waals surface area (Å²) in [7, 11) is 3.11. The predicted octanol–water partition coefficient (Wildman–Crippen LogP) is 4.21. The summed E-state index contributed by atoms with van der Waals surface area (Å²) < 4.78 is 11.3. The zero-order valence-electron chi connectivity index (χ0n) is 16.3. The molecule has 30 heavy (non-hydrogen) atoms. The topological polar surface area (TPSA) is 87.3 Å². The second-order valence-corrected chi connectivity index (χ2v) is 8.45. The van der Waals surface area contributed by atoms with Crippen LogP contribution in [0.1, 0.15) is 11.1 Å². The number of fused-ring (bicyclic) bond motifs is 1. The van der Waals surface area contributed by atoms with Crippen LogP contribution in [-0.4, -0.2) is 40.5 Å². The highest BCUT2D eigenvalue weighted by Crippen LogP contribution is 2.34. The van der Waals surface area contributed by atoms with Gasteiger partial charge in [0, 0.05) is 17.4 Å². The standard InChI is InChI=1S/C21H18N4O3S2/c1-27-15-9-8-14(17(11-15)28-2)10-16-18(22)25-20(23-19(16)26)30-21(24-25)29-12-13-6-4-3-5-7-13/h3-11,22H,12H2,1-2H3. The number of carbonyl (C=O) groups excluding carboxylic acids is 1. The van der Waals surface area contributed by atoms with Gasteiger partial charge in [-0.25, -0.2) is 0 Å². The maximum absolute atomic E-state index is 12.6. The Morgan fingerprint density at radius 2 is 1.97 bits per heavy atom. The fourth-order valence-corrected chi connectivity index (χ4v) is 4.73. The van der Waals surface area contributed by atoms with Gasteiger partial charge in [-0.2, -0.15) is 10.0 Å². The summed E-state index contributed by atoms with van der Waals surface area (Å²) in [6.45, 7) is 0. The van der Waals surface area contributed by atoms with Gasteiger partial charge in [-0.1, -0.05) is 42.1 Å². The molecule has 2 aromatic carbocycles. The molecule has 0 spiro atoms. The van der Waals surface area contributed by atoms with E-state index in [0.29, 0.717) is 22.2 Å². The molecule has 0 atom stereocenters. The SMILES string of the molecule is COc1ccc(C=C2C(=N)N3N=C(SCc4ccccc4)SC3=NC2=O)c(OC)c1. The number of hydrogen-bond donors (Lipinski definition) is 1. The minimum absolute atomic E-state index is 0.00863. The molecule has 0 bridgehead atoms. The van der Waals surface area contributed by atoms with E-state index in [0.717, 1.165) is 10.1 Å². The van der Waals surface area contributed by atoms with Gasteiger partial charge in [0.2, 0.25) is 5.17 Å². The van der Waals surface area contributed by atoms with E-state index in [1.165, 1.54) is 22.3 Å². The zero-order valence-corrected chi connectivity index (χ0v) is 17.9.